The number of rotatable bonds is 5. The normalized spacial score (nSPS) is 11.7. The highest BCUT2D eigenvalue weighted by atomic mass is 79.9. The molecule has 1 unspecified atom stereocenters. The summed E-state index contributed by atoms with van der Waals surface area (Å²) in [6.45, 7) is 1.40. The molecule has 0 aliphatic heterocycles. The van der Waals surface area contributed by atoms with Crippen LogP contribution in [-0.4, -0.2) is 23.8 Å². The van der Waals surface area contributed by atoms with E-state index in [1.807, 2.05) is 0 Å². The van der Waals surface area contributed by atoms with Crippen molar-refractivity contribution in [1.29, 1.82) is 0 Å². The topological polar surface area (TPSA) is 101 Å². The van der Waals surface area contributed by atoms with Crippen molar-refractivity contribution in [1.82, 2.24) is 5.32 Å². The van der Waals surface area contributed by atoms with E-state index >= 15 is 0 Å². The predicted octanol–water partition coefficient (Wildman–Crippen LogP) is 2.64. The molecule has 0 fully saturated rings. The van der Waals surface area contributed by atoms with Crippen LogP contribution < -0.4 is 16.4 Å². The maximum atomic E-state index is 13.8. The van der Waals surface area contributed by atoms with Gasteiger partial charge in [-0.15, -0.1) is 11.3 Å². The third-order valence-corrected chi connectivity index (χ3v) is 4.74. The molecule has 4 N–H and O–H groups in total. The molecule has 1 atom stereocenters. The number of benzene rings is 1. The average Bonchev–Trinajstić information content (AvgIpc) is 2.96. The minimum atomic E-state index is -1.13. The average molecular weight is 432 g/mol. The van der Waals surface area contributed by atoms with E-state index in [1.54, 1.807) is 12.1 Å². The lowest BCUT2D eigenvalue weighted by molar-refractivity contribution is -0.117. The molecule has 1 aromatic heterocycles. The second kappa shape index (κ2) is 7.70. The lowest BCUT2D eigenvalue weighted by Gasteiger charge is -2.14. The van der Waals surface area contributed by atoms with Gasteiger partial charge in [-0.3, -0.25) is 14.4 Å². The summed E-state index contributed by atoms with van der Waals surface area (Å²) in [6.07, 6.45) is 0. The summed E-state index contributed by atoms with van der Waals surface area (Å²) in [4.78, 5) is 35.6. The van der Waals surface area contributed by atoms with Gasteiger partial charge < -0.3 is 16.4 Å². The van der Waals surface area contributed by atoms with Crippen molar-refractivity contribution >= 4 is 50.7 Å². The van der Waals surface area contributed by atoms with Crippen molar-refractivity contribution in [2.45, 2.75) is 13.0 Å². The fourth-order valence-electron chi connectivity index (χ4n) is 1.84. The summed E-state index contributed by atoms with van der Waals surface area (Å²) in [6, 6.07) is 3.50. The molecule has 0 saturated heterocycles. The van der Waals surface area contributed by atoms with Gasteiger partial charge in [0.1, 0.15) is 17.7 Å². The monoisotopic (exact) mass is 431 g/mol. The van der Waals surface area contributed by atoms with Crippen molar-refractivity contribution < 1.29 is 23.2 Å². The molecule has 0 bridgehead atoms. The Morgan fingerprint density at radius 2 is 1.88 bits per heavy atom. The van der Waals surface area contributed by atoms with Gasteiger partial charge in [0.25, 0.3) is 11.8 Å². The number of nitrogens with two attached hydrogens (primary N) is 1. The molecule has 25 heavy (non-hydrogen) atoms. The van der Waals surface area contributed by atoms with Gasteiger partial charge >= 0.3 is 0 Å². The molecule has 0 aliphatic rings. The minimum absolute atomic E-state index is 0.385. The van der Waals surface area contributed by atoms with Crippen LogP contribution in [0.5, 0.6) is 0 Å². The molecule has 1 aromatic carbocycles. The molecule has 0 radical (unpaired) electrons. The number of carbonyl (C=O) groups excluding carboxylic acids is 3. The van der Waals surface area contributed by atoms with Gasteiger partial charge in [-0.1, -0.05) is 0 Å². The van der Waals surface area contributed by atoms with Crippen LogP contribution in [0.3, 0.4) is 0 Å². The first-order chi connectivity index (χ1) is 11.7. The highest BCUT2D eigenvalue weighted by molar-refractivity contribution is 9.11. The molecule has 132 valence electrons. The van der Waals surface area contributed by atoms with Gasteiger partial charge in [-0.25, -0.2) is 8.78 Å². The van der Waals surface area contributed by atoms with E-state index in [9.17, 15) is 23.2 Å². The molecule has 10 heteroatoms. The van der Waals surface area contributed by atoms with E-state index in [2.05, 4.69) is 26.6 Å². The summed E-state index contributed by atoms with van der Waals surface area (Å²) in [7, 11) is 0. The van der Waals surface area contributed by atoms with Crippen LogP contribution in [0.4, 0.5) is 14.5 Å². The summed E-state index contributed by atoms with van der Waals surface area (Å²) in [5.74, 6) is -4.53. The van der Waals surface area contributed by atoms with E-state index < -0.39 is 46.6 Å². The Hall–Kier alpha value is -2.33. The van der Waals surface area contributed by atoms with Crippen LogP contribution in [0, 0.1) is 11.6 Å². The zero-order valence-electron chi connectivity index (χ0n) is 12.7. The number of hydrogen-bond donors (Lipinski definition) is 3. The SMILES string of the molecule is CC(NC(=O)c1ccc(Br)s1)C(=O)Nc1cc(C(N)=O)c(F)cc1F. The number of nitrogens with one attached hydrogen (secondary N) is 2. The summed E-state index contributed by atoms with van der Waals surface area (Å²) in [5.41, 5.74) is 4.01. The highest BCUT2D eigenvalue weighted by Gasteiger charge is 2.20. The van der Waals surface area contributed by atoms with Crippen LogP contribution in [-0.2, 0) is 4.79 Å². The maximum absolute atomic E-state index is 13.8. The van der Waals surface area contributed by atoms with Gasteiger partial charge in [0.05, 0.1) is 19.9 Å². The first kappa shape index (κ1) is 19.0. The first-order valence-corrected chi connectivity index (χ1v) is 8.46. The predicted molar refractivity (Wildman–Crippen MR) is 92.5 cm³/mol. The van der Waals surface area contributed by atoms with E-state index in [0.717, 1.165) is 9.85 Å². The smallest absolute Gasteiger partial charge is 0.262 e. The van der Waals surface area contributed by atoms with Crippen molar-refractivity contribution in [2.24, 2.45) is 5.73 Å². The van der Waals surface area contributed by atoms with Crippen LogP contribution in [0.1, 0.15) is 27.0 Å². The van der Waals surface area contributed by atoms with Gasteiger partial charge in [0, 0.05) is 6.07 Å². The molecule has 0 saturated carbocycles. The lowest BCUT2D eigenvalue weighted by Crippen LogP contribution is -2.41. The number of hydrogen-bond acceptors (Lipinski definition) is 4. The third-order valence-electron chi connectivity index (χ3n) is 3.12. The molecule has 1 heterocycles. The van der Waals surface area contributed by atoms with Gasteiger partial charge in [0.15, 0.2) is 0 Å². The molecule has 0 spiro atoms. The fraction of sp³-hybridized carbons (Fsp3) is 0.133. The lowest BCUT2D eigenvalue weighted by atomic mass is 10.1. The largest absolute Gasteiger partial charge is 0.366 e. The summed E-state index contributed by atoms with van der Waals surface area (Å²) < 4.78 is 27.9. The number of carbonyl (C=O) groups is 3. The zero-order chi connectivity index (χ0) is 18.7. The van der Waals surface area contributed by atoms with E-state index in [-0.39, 0.29) is 0 Å². The Balaban J connectivity index is 2.09. The molecular weight excluding hydrogens is 420 g/mol. The number of thiophene rings is 1. The minimum Gasteiger partial charge on any atom is -0.366 e. The van der Waals surface area contributed by atoms with Gasteiger partial charge in [-0.2, -0.15) is 0 Å². The fourth-order valence-corrected chi connectivity index (χ4v) is 3.13. The number of primary amides is 1. The Morgan fingerprint density at radius 3 is 2.44 bits per heavy atom. The molecule has 0 aliphatic carbocycles. The van der Waals surface area contributed by atoms with Gasteiger partial charge in [-0.05, 0) is 41.1 Å². The Kier molecular flexibility index (Phi) is 5.85. The zero-order valence-corrected chi connectivity index (χ0v) is 15.1. The highest BCUT2D eigenvalue weighted by Crippen LogP contribution is 2.22. The van der Waals surface area contributed by atoms with Crippen molar-refractivity contribution in [3.63, 3.8) is 0 Å². The third kappa shape index (κ3) is 4.60. The second-order valence-electron chi connectivity index (χ2n) is 4.96. The number of anilines is 1. The quantitative estimate of drug-likeness (QED) is 0.677. The Bertz CT molecular complexity index is 857. The Labute approximate surface area is 153 Å². The molecule has 6 nitrogen and oxygen atoms in total. The second-order valence-corrected chi connectivity index (χ2v) is 7.43. The van der Waals surface area contributed by atoms with Crippen molar-refractivity contribution in [3.8, 4) is 0 Å². The standard InChI is InChI=1S/C15H12BrF2N3O3S/c1-6(20-15(24)11-2-3-12(16)25-11)14(23)21-10-4-7(13(19)22)8(17)5-9(10)18/h2-6H,1H3,(H2,19,22)(H,20,24)(H,21,23). The number of amides is 3. The van der Waals surface area contributed by atoms with Crippen LogP contribution in [0.25, 0.3) is 0 Å². The summed E-state index contributed by atoms with van der Waals surface area (Å²) in [5, 5.41) is 4.63. The molecule has 3 amide bonds. The molecule has 2 rings (SSSR count). The van der Waals surface area contributed by atoms with Crippen LogP contribution in [0.15, 0.2) is 28.1 Å². The molecule has 2 aromatic rings. The van der Waals surface area contributed by atoms with E-state index in [1.165, 1.54) is 18.3 Å². The van der Waals surface area contributed by atoms with E-state index in [0.29, 0.717) is 10.9 Å². The van der Waals surface area contributed by atoms with Gasteiger partial charge in [0.2, 0.25) is 5.91 Å². The van der Waals surface area contributed by atoms with E-state index in [4.69, 9.17) is 5.73 Å². The Morgan fingerprint density at radius 1 is 1.20 bits per heavy atom. The molecular formula is C15H12BrF2N3O3S. The number of halogens is 3. The maximum Gasteiger partial charge on any atom is 0.262 e. The first-order valence-electron chi connectivity index (χ1n) is 6.85. The van der Waals surface area contributed by atoms with Crippen molar-refractivity contribution in [3.05, 3.63) is 50.1 Å². The van der Waals surface area contributed by atoms with Crippen molar-refractivity contribution in [2.75, 3.05) is 5.32 Å². The van der Waals surface area contributed by atoms with Crippen LogP contribution >= 0.6 is 27.3 Å². The van der Waals surface area contributed by atoms with Crippen LogP contribution in [0.2, 0.25) is 0 Å². The summed E-state index contributed by atoms with van der Waals surface area (Å²) >= 11 is 4.40.